The number of carbonyl (C=O) groups is 1. The first-order valence-corrected chi connectivity index (χ1v) is 7.64. The van der Waals surface area contributed by atoms with E-state index in [4.69, 9.17) is 5.73 Å². The van der Waals surface area contributed by atoms with E-state index in [1.165, 1.54) is 4.90 Å². The number of hydrogen-bond acceptors (Lipinski definition) is 3. The molecule has 2 aromatic rings. The van der Waals surface area contributed by atoms with Crippen LogP contribution in [-0.4, -0.2) is 12.2 Å². The Morgan fingerprint density at radius 2 is 1.90 bits per heavy atom. The van der Waals surface area contributed by atoms with Crippen LogP contribution in [0.1, 0.15) is 11.1 Å². The molecule has 1 amide bonds. The fourth-order valence-electron chi connectivity index (χ4n) is 1.90. The standard InChI is InChI=1S/C16H18N2OS/c1-20-15-7-5-12(6-8-15)11-18-16(19)10-13-3-2-4-14(17)9-13/h2-9H,10-11,17H2,1H3,(H,18,19). The van der Waals surface area contributed by atoms with Gasteiger partial charge in [0.1, 0.15) is 0 Å². The highest BCUT2D eigenvalue weighted by atomic mass is 32.2. The Morgan fingerprint density at radius 3 is 2.55 bits per heavy atom. The highest BCUT2D eigenvalue weighted by Crippen LogP contribution is 2.14. The largest absolute Gasteiger partial charge is 0.399 e. The topological polar surface area (TPSA) is 55.1 Å². The number of amides is 1. The van der Waals surface area contributed by atoms with Crippen LogP contribution in [0.2, 0.25) is 0 Å². The van der Waals surface area contributed by atoms with Crippen molar-refractivity contribution in [1.82, 2.24) is 5.32 Å². The average molecular weight is 286 g/mol. The highest BCUT2D eigenvalue weighted by Gasteiger charge is 2.03. The smallest absolute Gasteiger partial charge is 0.224 e. The zero-order chi connectivity index (χ0) is 14.4. The molecule has 3 N–H and O–H groups in total. The van der Waals surface area contributed by atoms with E-state index in [0.29, 0.717) is 18.7 Å². The van der Waals surface area contributed by atoms with Gasteiger partial charge >= 0.3 is 0 Å². The Morgan fingerprint density at radius 1 is 1.15 bits per heavy atom. The van der Waals surface area contributed by atoms with E-state index in [9.17, 15) is 4.79 Å². The van der Waals surface area contributed by atoms with Crippen LogP contribution in [-0.2, 0) is 17.8 Å². The van der Waals surface area contributed by atoms with E-state index in [1.54, 1.807) is 11.8 Å². The summed E-state index contributed by atoms with van der Waals surface area (Å²) in [5.74, 6) is 0.00421. The minimum atomic E-state index is 0.00421. The number of benzene rings is 2. The van der Waals surface area contributed by atoms with Gasteiger partial charge in [-0.25, -0.2) is 0 Å². The Kier molecular flexibility index (Phi) is 5.07. The molecule has 0 aliphatic carbocycles. The number of rotatable bonds is 5. The molecular formula is C16H18N2OS. The fourth-order valence-corrected chi connectivity index (χ4v) is 2.30. The molecule has 0 unspecified atom stereocenters. The first kappa shape index (κ1) is 14.5. The maximum atomic E-state index is 11.9. The Balaban J connectivity index is 1.85. The van der Waals surface area contributed by atoms with Gasteiger partial charge in [0.05, 0.1) is 6.42 Å². The zero-order valence-electron chi connectivity index (χ0n) is 11.4. The number of thioether (sulfide) groups is 1. The first-order chi connectivity index (χ1) is 9.67. The number of anilines is 1. The second-order valence-corrected chi connectivity index (χ2v) is 5.43. The van der Waals surface area contributed by atoms with Crippen molar-refractivity contribution in [2.75, 3.05) is 12.0 Å². The average Bonchev–Trinajstić information content (AvgIpc) is 2.46. The Bertz CT molecular complexity index is 581. The minimum absolute atomic E-state index is 0.00421. The van der Waals surface area contributed by atoms with Gasteiger partial charge in [0.2, 0.25) is 5.91 Å². The number of carbonyl (C=O) groups excluding carboxylic acids is 1. The molecular weight excluding hydrogens is 268 g/mol. The van der Waals surface area contributed by atoms with Crippen molar-refractivity contribution < 1.29 is 4.79 Å². The number of hydrogen-bond donors (Lipinski definition) is 2. The van der Waals surface area contributed by atoms with Crippen LogP contribution >= 0.6 is 11.8 Å². The predicted octanol–water partition coefficient (Wildman–Crippen LogP) is 2.85. The normalized spacial score (nSPS) is 10.2. The molecule has 0 aromatic heterocycles. The molecule has 0 aliphatic heterocycles. The van der Waals surface area contributed by atoms with Gasteiger partial charge in [0.25, 0.3) is 0 Å². The third-order valence-corrected chi connectivity index (χ3v) is 3.71. The molecule has 0 aliphatic rings. The molecule has 0 saturated carbocycles. The van der Waals surface area contributed by atoms with Gasteiger partial charge in [-0.2, -0.15) is 0 Å². The van der Waals surface area contributed by atoms with E-state index >= 15 is 0 Å². The molecule has 0 atom stereocenters. The van der Waals surface area contributed by atoms with E-state index in [1.807, 2.05) is 42.7 Å². The lowest BCUT2D eigenvalue weighted by Gasteiger charge is -2.06. The lowest BCUT2D eigenvalue weighted by atomic mass is 10.1. The summed E-state index contributed by atoms with van der Waals surface area (Å²) in [6.45, 7) is 0.551. The maximum Gasteiger partial charge on any atom is 0.224 e. The SMILES string of the molecule is CSc1ccc(CNC(=O)Cc2cccc(N)c2)cc1. The molecule has 0 spiro atoms. The van der Waals surface area contributed by atoms with Gasteiger partial charge in [-0.3, -0.25) is 4.79 Å². The summed E-state index contributed by atoms with van der Waals surface area (Å²) in [6.07, 6.45) is 2.40. The second-order valence-electron chi connectivity index (χ2n) is 4.55. The third kappa shape index (κ3) is 4.31. The van der Waals surface area contributed by atoms with Crippen LogP contribution < -0.4 is 11.1 Å². The number of nitrogens with two attached hydrogens (primary N) is 1. The van der Waals surface area contributed by atoms with Gasteiger partial charge in [0, 0.05) is 17.1 Å². The molecule has 0 heterocycles. The molecule has 3 nitrogen and oxygen atoms in total. The molecule has 0 fully saturated rings. The van der Waals surface area contributed by atoms with E-state index in [-0.39, 0.29) is 5.91 Å². The van der Waals surface area contributed by atoms with Gasteiger partial charge in [-0.05, 0) is 41.6 Å². The molecule has 20 heavy (non-hydrogen) atoms. The minimum Gasteiger partial charge on any atom is -0.399 e. The van der Waals surface area contributed by atoms with Crippen molar-refractivity contribution >= 4 is 23.4 Å². The summed E-state index contributed by atoms with van der Waals surface area (Å²) in [6, 6.07) is 15.6. The number of nitrogens with one attached hydrogen (secondary N) is 1. The molecule has 4 heteroatoms. The Labute approximate surface area is 123 Å². The Hall–Kier alpha value is -1.94. The van der Waals surface area contributed by atoms with Gasteiger partial charge < -0.3 is 11.1 Å². The van der Waals surface area contributed by atoms with Gasteiger partial charge in [0.15, 0.2) is 0 Å². The van der Waals surface area contributed by atoms with Crippen LogP contribution in [0.4, 0.5) is 5.69 Å². The van der Waals surface area contributed by atoms with Crippen LogP contribution in [0.15, 0.2) is 53.4 Å². The van der Waals surface area contributed by atoms with Crippen molar-refractivity contribution in [3.8, 4) is 0 Å². The van der Waals surface area contributed by atoms with Crippen molar-refractivity contribution in [3.63, 3.8) is 0 Å². The van der Waals surface area contributed by atoms with E-state index in [0.717, 1.165) is 11.1 Å². The van der Waals surface area contributed by atoms with Crippen molar-refractivity contribution in [1.29, 1.82) is 0 Å². The van der Waals surface area contributed by atoms with Gasteiger partial charge in [-0.1, -0.05) is 24.3 Å². The fraction of sp³-hybridized carbons (Fsp3) is 0.188. The maximum absolute atomic E-state index is 11.9. The summed E-state index contributed by atoms with van der Waals surface area (Å²) in [7, 11) is 0. The summed E-state index contributed by atoms with van der Waals surface area (Å²) in [4.78, 5) is 13.1. The van der Waals surface area contributed by atoms with E-state index < -0.39 is 0 Å². The summed E-state index contributed by atoms with van der Waals surface area (Å²) in [5, 5.41) is 2.92. The quantitative estimate of drug-likeness (QED) is 0.656. The van der Waals surface area contributed by atoms with Crippen molar-refractivity contribution in [3.05, 3.63) is 59.7 Å². The second kappa shape index (κ2) is 7.01. The summed E-state index contributed by atoms with van der Waals surface area (Å²) in [5.41, 5.74) is 8.41. The lowest BCUT2D eigenvalue weighted by Crippen LogP contribution is -2.24. The molecule has 2 rings (SSSR count). The molecule has 2 aromatic carbocycles. The van der Waals surface area contributed by atoms with Crippen molar-refractivity contribution in [2.45, 2.75) is 17.9 Å². The molecule has 0 bridgehead atoms. The van der Waals surface area contributed by atoms with E-state index in [2.05, 4.69) is 17.4 Å². The first-order valence-electron chi connectivity index (χ1n) is 6.41. The van der Waals surface area contributed by atoms with Crippen LogP contribution in [0.25, 0.3) is 0 Å². The summed E-state index contributed by atoms with van der Waals surface area (Å²) >= 11 is 1.71. The van der Waals surface area contributed by atoms with Crippen LogP contribution in [0.3, 0.4) is 0 Å². The third-order valence-electron chi connectivity index (χ3n) is 2.96. The van der Waals surface area contributed by atoms with Crippen molar-refractivity contribution in [2.24, 2.45) is 0 Å². The lowest BCUT2D eigenvalue weighted by molar-refractivity contribution is -0.120. The zero-order valence-corrected chi connectivity index (χ0v) is 12.2. The highest BCUT2D eigenvalue weighted by molar-refractivity contribution is 7.98. The van der Waals surface area contributed by atoms with Crippen LogP contribution in [0.5, 0.6) is 0 Å². The van der Waals surface area contributed by atoms with Gasteiger partial charge in [-0.15, -0.1) is 11.8 Å². The number of nitrogen functional groups attached to an aromatic ring is 1. The monoisotopic (exact) mass is 286 g/mol. The molecule has 104 valence electrons. The molecule has 0 saturated heterocycles. The predicted molar refractivity (Wildman–Crippen MR) is 84.6 cm³/mol. The molecule has 0 radical (unpaired) electrons. The summed E-state index contributed by atoms with van der Waals surface area (Å²) < 4.78 is 0. The van der Waals surface area contributed by atoms with Crippen LogP contribution in [0, 0.1) is 0 Å².